The molecule has 14 heteroatoms. The zero-order valence-electron chi connectivity index (χ0n) is 21.8. The minimum atomic E-state index is -3.69. The maximum atomic E-state index is 12.3. The standard InChI is InChI=1S/C26H30N4O8S2/c1-3-39(33,34)37-23-12-6-10-21(15-23)29-25(31)27-17-19-8-5-9-20(14-19)18-28-26(32)30-22-11-7-13-24(16-22)38-40(35,36)4-2/h5-16H,3-4,17-18H2,1-2H3,(H2,27,29,31)(H2,28,30,32). The van der Waals surface area contributed by atoms with Gasteiger partial charge >= 0.3 is 32.3 Å². The van der Waals surface area contributed by atoms with Gasteiger partial charge in [0.25, 0.3) is 0 Å². The number of nitrogens with one attached hydrogen (secondary N) is 4. The van der Waals surface area contributed by atoms with Crippen LogP contribution in [0, 0.1) is 0 Å². The number of carbonyl (C=O) groups excluding carboxylic acids is 2. The Bertz CT molecular complexity index is 1450. The van der Waals surface area contributed by atoms with E-state index in [1.807, 2.05) is 18.2 Å². The first-order chi connectivity index (χ1) is 19.0. The second-order valence-electron chi connectivity index (χ2n) is 8.35. The van der Waals surface area contributed by atoms with Gasteiger partial charge in [0, 0.05) is 36.6 Å². The third-order valence-electron chi connectivity index (χ3n) is 5.23. The molecule has 0 atom stereocenters. The van der Waals surface area contributed by atoms with Crippen LogP contribution in [0.4, 0.5) is 21.0 Å². The van der Waals surface area contributed by atoms with Crippen molar-refractivity contribution in [2.75, 3.05) is 22.1 Å². The number of amides is 4. The van der Waals surface area contributed by atoms with Crippen molar-refractivity contribution in [2.24, 2.45) is 0 Å². The minimum absolute atomic E-state index is 0.0920. The molecule has 0 saturated heterocycles. The molecular weight excluding hydrogens is 560 g/mol. The predicted octanol–water partition coefficient (Wildman–Crippen LogP) is 3.79. The van der Waals surface area contributed by atoms with Gasteiger partial charge in [-0.3, -0.25) is 0 Å². The normalized spacial score (nSPS) is 11.2. The van der Waals surface area contributed by atoms with Crippen molar-refractivity contribution in [1.29, 1.82) is 0 Å². The van der Waals surface area contributed by atoms with Gasteiger partial charge in [0.1, 0.15) is 11.5 Å². The molecule has 0 aliphatic carbocycles. The molecular formula is C26H30N4O8S2. The van der Waals surface area contributed by atoms with Gasteiger partial charge in [-0.05, 0) is 49.2 Å². The zero-order chi connectivity index (χ0) is 29.2. The summed E-state index contributed by atoms with van der Waals surface area (Å²) in [7, 11) is -7.37. The average Bonchev–Trinajstić information content (AvgIpc) is 2.91. The van der Waals surface area contributed by atoms with Crippen LogP contribution in [0.25, 0.3) is 0 Å². The van der Waals surface area contributed by atoms with Gasteiger partial charge in [-0.25, -0.2) is 9.59 Å². The summed E-state index contributed by atoms with van der Waals surface area (Å²) in [6.45, 7) is 3.32. The monoisotopic (exact) mass is 590 g/mol. The number of carbonyl (C=O) groups is 2. The quantitative estimate of drug-likeness (QED) is 0.231. The van der Waals surface area contributed by atoms with E-state index in [4.69, 9.17) is 8.37 Å². The Morgan fingerprint density at radius 1 is 0.625 bits per heavy atom. The number of rotatable bonds is 12. The molecule has 0 aliphatic heterocycles. The Labute approximate surface area is 233 Å². The van der Waals surface area contributed by atoms with Crippen LogP contribution in [0.3, 0.4) is 0 Å². The molecule has 3 rings (SSSR count). The van der Waals surface area contributed by atoms with Gasteiger partial charge in [0.05, 0.1) is 11.5 Å². The van der Waals surface area contributed by atoms with Crippen LogP contribution in [0.15, 0.2) is 72.8 Å². The lowest BCUT2D eigenvalue weighted by Gasteiger charge is -2.11. The van der Waals surface area contributed by atoms with Crippen molar-refractivity contribution < 1.29 is 34.8 Å². The van der Waals surface area contributed by atoms with Crippen LogP contribution in [-0.4, -0.2) is 40.4 Å². The van der Waals surface area contributed by atoms with Crippen molar-refractivity contribution in [3.8, 4) is 11.5 Å². The second-order valence-corrected chi connectivity index (χ2v) is 12.1. The number of urea groups is 2. The third-order valence-corrected chi connectivity index (χ3v) is 7.54. The fourth-order valence-corrected chi connectivity index (χ4v) is 4.26. The van der Waals surface area contributed by atoms with E-state index in [2.05, 4.69) is 21.3 Å². The smallest absolute Gasteiger partial charge is 0.319 e. The zero-order valence-corrected chi connectivity index (χ0v) is 23.5. The summed E-state index contributed by atoms with van der Waals surface area (Å²) in [5, 5.41) is 10.7. The Hall–Kier alpha value is -4.30. The molecule has 4 N–H and O–H groups in total. The number of anilines is 2. The Morgan fingerprint density at radius 2 is 1.02 bits per heavy atom. The first kappa shape index (κ1) is 30.2. The van der Waals surface area contributed by atoms with Crippen LogP contribution in [0.2, 0.25) is 0 Å². The van der Waals surface area contributed by atoms with Gasteiger partial charge in [-0.1, -0.05) is 36.4 Å². The molecule has 0 spiro atoms. The van der Waals surface area contributed by atoms with E-state index < -0.39 is 32.3 Å². The van der Waals surface area contributed by atoms with Gasteiger partial charge in [-0.15, -0.1) is 0 Å². The van der Waals surface area contributed by atoms with E-state index in [9.17, 15) is 26.4 Å². The third kappa shape index (κ3) is 10.1. The second kappa shape index (κ2) is 13.7. The van der Waals surface area contributed by atoms with Crippen LogP contribution >= 0.6 is 0 Å². The van der Waals surface area contributed by atoms with Crippen molar-refractivity contribution >= 4 is 43.7 Å². The summed E-state index contributed by atoms with van der Waals surface area (Å²) in [4.78, 5) is 24.7. The van der Waals surface area contributed by atoms with Crippen molar-refractivity contribution in [2.45, 2.75) is 26.9 Å². The van der Waals surface area contributed by atoms with Gasteiger partial charge in [-0.2, -0.15) is 16.8 Å². The lowest BCUT2D eigenvalue weighted by molar-refractivity contribution is 0.251. The molecule has 0 heterocycles. The molecule has 0 saturated carbocycles. The molecule has 0 bridgehead atoms. The minimum Gasteiger partial charge on any atom is -0.382 e. The number of benzene rings is 3. The lowest BCUT2D eigenvalue weighted by Crippen LogP contribution is -2.29. The molecule has 0 radical (unpaired) electrons. The molecule has 4 amide bonds. The fraction of sp³-hybridized carbons (Fsp3) is 0.231. The van der Waals surface area contributed by atoms with Crippen molar-refractivity contribution in [3.05, 3.63) is 83.9 Å². The fourth-order valence-electron chi connectivity index (χ4n) is 3.23. The maximum Gasteiger partial charge on any atom is 0.319 e. The van der Waals surface area contributed by atoms with Gasteiger partial charge in [0.15, 0.2) is 0 Å². The predicted molar refractivity (Wildman–Crippen MR) is 151 cm³/mol. The maximum absolute atomic E-state index is 12.3. The van der Waals surface area contributed by atoms with Gasteiger partial charge < -0.3 is 29.6 Å². The van der Waals surface area contributed by atoms with Crippen LogP contribution in [0.1, 0.15) is 25.0 Å². The van der Waals surface area contributed by atoms with Crippen LogP contribution in [-0.2, 0) is 33.3 Å². The highest BCUT2D eigenvalue weighted by Crippen LogP contribution is 2.20. The highest BCUT2D eigenvalue weighted by atomic mass is 32.2. The molecule has 3 aromatic carbocycles. The molecule has 12 nitrogen and oxygen atoms in total. The van der Waals surface area contributed by atoms with E-state index in [1.54, 1.807) is 30.3 Å². The molecule has 40 heavy (non-hydrogen) atoms. The summed E-state index contributed by atoms with van der Waals surface area (Å²) in [5.41, 5.74) is 2.27. The molecule has 0 unspecified atom stereocenters. The van der Waals surface area contributed by atoms with Crippen LogP contribution in [0.5, 0.6) is 11.5 Å². The van der Waals surface area contributed by atoms with Crippen molar-refractivity contribution in [1.82, 2.24) is 10.6 Å². The average molecular weight is 591 g/mol. The SMILES string of the molecule is CCS(=O)(=O)Oc1cccc(NC(=O)NCc2cccc(CNC(=O)Nc3cccc(OS(=O)(=O)CC)c3)c2)c1. The Morgan fingerprint density at radius 3 is 1.43 bits per heavy atom. The highest BCUT2D eigenvalue weighted by molar-refractivity contribution is 7.87. The van der Waals surface area contributed by atoms with E-state index in [0.717, 1.165) is 11.1 Å². The Balaban J connectivity index is 1.48. The molecule has 214 valence electrons. The molecule has 0 aromatic heterocycles. The summed E-state index contributed by atoms with van der Waals surface area (Å²) in [5.74, 6) is -0.175. The molecule has 3 aromatic rings. The number of hydrogen-bond acceptors (Lipinski definition) is 8. The van der Waals surface area contributed by atoms with Gasteiger partial charge in [0.2, 0.25) is 0 Å². The summed E-state index contributed by atoms with van der Waals surface area (Å²) < 4.78 is 56.5. The first-order valence-electron chi connectivity index (χ1n) is 12.2. The van der Waals surface area contributed by atoms with Crippen LogP contribution < -0.4 is 29.6 Å². The first-order valence-corrected chi connectivity index (χ1v) is 15.3. The largest absolute Gasteiger partial charge is 0.382 e. The van der Waals surface area contributed by atoms with E-state index >= 15 is 0 Å². The Kier molecular flexibility index (Phi) is 10.3. The summed E-state index contributed by atoms with van der Waals surface area (Å²) >= 11 is 0. The number of hydrogen-bond donors (Lipinski definition) is 4. The lowest BCUT2D eigenvalue weighted by atomic mass is 10.1. The molecule has 0 aliphatic rings. The van der Waals surface area contributed by atoms with E-state index in [0.29, 0.717) is 11.4 Å². The summed E-state index contributed by atoms with van der Waals surface area (Å²) in [6, 6.07) is 18.3. The molecule has 0 fully saturated rings. The van der Waals surface area contributed by atoms with Crippen molar-refractivity contribution in [3.63, 3.8) is 0 Å². The summed E-state index contributed by atoms with van der Waals surface area (Å²) in [6.07, 6.45) is 0. The van der Waals surface area contributed by atoms with E-state index in [-0.39, 0.29) is 36.1 Å². The highest BCUT2D eigenvalue weighted by Gasteiger charge is 2.12. The topological polar surface area (TPSA) is 169 Å². The van der Waals surface area contributed by atoms with E-state index in [1.165, 1.54) is 38.1 Å².